The van der Waals surface area contributed by atoms with E-state index in [9.17, 15) is 4.79 Å². The van der Waals surface area contributed by atoms with Crippen LogP contribution in [-0.2, 0) is 6.42 Å². The highest BCUT2D eigenvalue weighted by Crippen LogP contribution is 2.34. The fraction of sp³-hybridized carbons (Fsp3) is 0.364. The van der Waals surface area contributed by atoms with Gasteiger partial charge in [0.25, 0.3) is 0 Å². The zero-order valence-electron chi connectivity index (χ0n) is 17.1. The van der Waals surface area contributed by atoms with Crippen molar-refractivity contribution in [2.75, 3.05) is 45.8 Å². The molecule has 0 aliphatic carbocycles. The van der Waals surface area contributed by atoms with Crippen molar-refractivity contribution in [2.24, 2.45) is 5.10 Å². The third-order valence-corrected chi connectivity index (χ3v) is 5.49. The van der Waals surface area contributed by atoms with Gasteiger partial charge in [0, 0.05) is 37.0 Å². The van der Waals surface area contributed by atoms with Crippen LogP contribution >= 0.6 is 0 Å². The van der Waals surface area contributed by atoms with Gasteiger partial charge in [-0.15, -0.1) is 0 Å². The van der Waals surface area contributed by atoms with E-state index in [2.05, 4.69) is 34.5 Å². The van der Waals surface area contributed by atoms with Crippen LogP contribution in [0.15, 0.2) is 41.5 Å². The van der Waals surface area contributed by atoms with E-state index in [0.717, 1.165) is 35.5 Å². The molecular formula is C22H26N4O3. The predicted molar refractivity (Wildman–Crippen MR) is 113 cm³/mol. The van der Waals surface area contributed by atoms with Crippen molar-refractivity contribution in [1.29, 1.82) is 0 Å². The summed E-state index contributed by atoms with van der Waals surface area (Å²) in [6.45, 7) is 2.69. The molecule has 0 aromatic heterocycles. The molecule has 0 radical (unpaired) electrons. The Bertz CT molecular complexity index is 936. The quantitative estimate of drug-likeness (QED) is 0.866. The normalized spacial score (nSPS) is 15.6. The van der Waals surface area contributed by atoms with E-state index in [1.807, 2.05) is 12.1 Å². The van der Waals surface area contributed by atoms with Crippen molar-refractivity contribution in [3.05, 3.63) is 53.1 Å². The Labute approximate surface area is 170 Å². The first-order chi connectivity index (χ1) is 14.1. The van der Waals surface area contributed by atoms with E-state index in [1.165, 1.54) is 17.1 Å². The van der Waals surface area contributed by atoms with E-state index < -0.39 is 0 Å². The second-order valence-corrected chi connectivity index (χ2v) is 7.13. The summed E-state index contributed by atoms with van der Waals surface area (Å²) in [6, 6.07) is 12.1. The molecule has 0 unspecified atom stereocenters. The molecule has 2 aromatic carbocycles. The van der Waals surface area contributed by atoms with Gasteiger partial charge in [-0.05, 0) is 42.7 Å². The summed E-state index contributed by atoms with van der Waals surface area (Å²) in [6.07, 6.45) is 1.91. The highest BCUT2D eigenvalue weighted by molar-refractivity contribution is 6.14. The summed E-state index contributed by atoms with van der Waals surface area (Å²) >= 11 is 0. The number of amides is 2. The number of carbonyl (C=O) groups excluding carboxylic acids is 1. The number of urea groups is 1. The van der Waals surface area contributed by atoms with Crippen LogP contribution in [0.2, 0.25) is 0 Å². The molecule has 152 valence electrons. The molecule has 29 heavy (non-hydrogen) atoms. The smallest absolute Gasteiger partial charge is 0.337 e. The minimum Gasteiger partial charge on any atom is -0.493 e. The summed E-state index contributed by atoms with van der Waals surface area (Å²) in [4.78, 5) is 14.7. The number of hydrazone groups is 1. The Hall–Kier alpha value is -3.22. The molecule has 1 saturated heterocycles. The standard InChI is InChI=1S/C22H26N4O3/c1-23-22(27)26-12-9-16-13-19(28-2)20(29-3)14-18(16)21(24-26)15-5-7-17(8-6-15)25-10-4-11-25/h5-8,13-14H,4,9-12H2,1-3H3,(H,23,27). The molecular weight excluding hydrogens is 368 g/mol. The van der Waals surface area contributed by atoms with E-state index in [0.29, 0.717) is 24.5 Å². The van der Waals surface area contributed by atoms with Crippen molar-refractivity contribution >= 4 is 17.4 Å². The van der Waals surface area contributed by atoms with Gasteiger partial charge >= 0.3 is 6.03 Å². The molecule has 1 N–H and O–H groups in total. The zero-order valence-corrected chi connectivity index (χ0v) is 17.1. The highest BCUT2D eigenvalue weighted by atomic mass is 16.5. The van der Waals surface area contributed by atoms with Crippen molar-refractivity contribution in [3.63, 3.8) is 0 Å². The molecule has 7 heteroatoms. The van der Waals surface area contributed by atoms with Crippen LogP contribution in [0.5, 0.6) is 11.5 Å². The first kappa shape index (κ1) is 19.1. The molecule has 0 atom stereocenters. The number of fused-ring (bicyclic) bond motifs is 1. The maximum atomic E-state index is 12.3. The van der Waals surface area contributed by atoms with Gasteiger partial charge in [0.2, 0.25) is 0 Å². The number of hydrogen-bond donors (Lipinski definition) is 1. The van der Waals surface area contributed by atoms with Crippen LogP contribution in [0, 0.1) is 0 Å². The molecule has 1 fully saturated rings. The van der Waals surface area contributed by atoms with Gasteiger partial charge in [-0.3, -0.25) is 0 Å². The van der Waals surface area contributed by atoms with Crippen LogP contribution in [0.25, 0.3) is 0 Å². The predicted octanol–water partition coefficient (Wildman–Crippen LogP) is 2.86. The minimum absolute atomic E-state index is 0.230. The van der Waals surface area contributed by atoms with E-state index in [-0.39, 0.29) is 6.03 Å². The maximum absolute atomic E-state index is 12.3. The first-order valence-corrected chi connectivity index (χ1v) is 9.83. The second kappa shape index (κ2) is 8.03. The minimum atomic E-state index is -0.230. The highest BCUT2D eigenvalue weighted by Gasteiger charge is 2.24. The molecule has 2 aromatic rings. The van der Waals surface area contributed by atoms with Crippen molar-refractivity contribution in [1.82, 2.24) is 10.3 Å². The molecule has 2 aliphatic heterocycles. The first-order valence-electron chi connectivity index (χ1n) is 9.83. The number of rotatable bonds is 4. The van der Waals surface area contributed by atoms with Gasteiger partial charge < -0.3 is 19.7 Å². The second-order valence-electron chi connectivity index (χ2n) is 7.13. The molecule has 0 bridgehead atoms. The molecule has 4 rings (SSSR count). The Kier molecular flexibility index (Phi) is 5.29. The van der Waals surface area contributed by atoms with Crippen LogP contribution in [0.1, 0.15) is 23.1 Å². The lowest BCUT2D eigenvalue weighted by molar-refractivity contribution is 0.203. The van der Waals surface area contributed by atoms with Crippen LogP contribution in [0.3, 0.4) is 0 Å². The van der Waals surface area contributed by atoms with Crippen LogP contribution < -0.4 is 19.7 Å². The number of hydrogen-bond acceptors (Lipinski definition) is 5. The SMILES string of the molecule is CNC(=O)N1CCc2cc(OC)c(OC)cc2C(c2ccc(N3CCC3)cc2)=N1. The number of carbonyl (C=O) groups is 1. The van der Waals surface area contributed by atoms with E-state index >= 15 is 0 Å². The summed E-state index contributed by atoms with van der Waals surface area (Å²) in [5.41, 5.74) is 4.94. The Morgan fingerprint density at radius 2 is 1.72 bits per heavy atom. The summed E-state index contributed by atoms with van der Waals surface area (Å²) in [7, 11) is 4.86. The van der Waals surface area contributed by atoms with Crippen LogP contribution in [0.4, 0.5) is 10.5 Å². The average molecular weight is 394 g/mol. The summed E-state index contributed by atoms with van der Waals surface area (Å²) < 4.78 is 11.0. The zero-order chi connectivity index (χ0) is 20.4. The summed E-state index contributed by atoms with van der Waals surface area (Å²) in [5, 5.41) is 8.88. The molecule has 0 saturated carbocycles. The number of anilines is 1. The van der Waals surface area contributed by atoms with E-state index in [4.69, 9.17) is 14.6 Å². The molecule has 2 heterocycles. The third kappa shape index (κ3) is 3.60. The molecule has 2 aliphatic rings. The van der Waals surface area contributed by atoms with Gasteiger partial charge in [0.05, 0.1) is 26.5 Å². The lowest BCUT2D eigenvalue weighted by atomic mass is 9.95. The molecule has 2 amide bonds. The van der Waals surface area contributed by atoms with E-state index in [1.54, 1.807) is 21.3 Å². The van der Waals surface area contributed by atoms with Gasteiger partial charge in [0.1, 0.15) is 0 Å². The van der Waals surface area contributed by atoms with Crippen molar-refractivity contribution < 1.29 is 14.3 Å². The maximum Gasteiger partial charge on any atom is 0.337 e. The van der Waals surface area contributed by atoms with Crippen molar-refractivity contribution in [2.45, 2.75) is 12.8 Å². The Morgan fingerprint density at radius 1 is 1.03 bits per heavy atom. The Balaban J connectivity index is 1.80. The number of benzene rings is 2. The monoisotopic (exact) mass is 394 g/mol. The van der Waals surface area contributed by atoms with Gasteiger partial charge in [-0.25, -0.2) is 9.80 Å². The average Bonchev–Trinajstić information content (AvgIpc) is 2.91. The number of ether oxygens (including phenoxy) is 2. The van der Waals surface area contributed by atoms with Gasteiger partial charge in [0.15, 0.2) is 11.5 Å². The third-order valence-electron chi connectivity index (χ3n) is 5.49. The lowest BCUT2D eigenvalue weighted by Crippen LogP contribution is -2.36. The van der Waals surface area contributed by atoms with Gasteiger partial charge in [-0.2, -0.15) is 5.10 Å². The Morgan fingerprint density at radius 3 is 2.31 bits per heavy atom. The largest absolute Gasteiger partial charge is 0.493 e. The van der Waals surface area contributed by atoms with Crippen molar-refractivity contribution in [3.8, 4) is 11.5 Å². The van der Waals surface area contributed by atoms with Crippen LogP contribution in [-0.4, -0.2) is 57.7 Å². The topological polar surface area (TPSA) is 66.4 Å². The number of nitrogens with zero attached hydrogens (tertiary/aromatic N) is 3. The van der Waals surface area contributed by atoms with Gasteiger partial charge in [-0.1, -0.05) is 12.1 Å². The fourth-order valence-corrected chi connectivity index (χ4v) is 3.69. The molecule has 0 spiro atoms. The molecule has 7 nitrogen and oxygen atoms in total. The number of methoxy groups -OCH3 is 2. The number of nitrogens with one attached hydrogen (secondary N) is 1. The summed E-state index contributed by atoms with van der Waals surface area (Å²) in [5.74, 6) is 1.32. The lowest BCUT2D eigenvalue weighted by Gasteiger charge is -2.33. The fourth-order valence-electron chi connectivity index (χ4n) is 3.69.